The van der Waals surface area contributed by atoms with Gasteiger partial charge in [-0.25, -0.2) is 0 Å². The van der Waals surface area contributed by atoms with E-state index >= 15 is 0 Å². The van der Waals surface area contributed by atoms with Crippen molar-refractivity contribution in [1.29, 1.82) is 0 Å². The van der Waals surface area contributed by atoms with Crippen molar-refractivity contribution in [2.24, 2.45) is 0 Å². The first kappa shape index (κ1) is 61.2. The number of carbonyl (C=O) groups is 3. The first-order valence-electron chi connectivity index (χ1n) is 26.3. The number of hydrogen-bond donors (Lipinski definition) is 0. The number of ether oxygens (including phenoxy) is 4. The molecule has 0 aromatic carbocycles. The summed E-state index contributed by atoms with van der Waals surface area (Å²) < 4.78 is 22.6. The van der Waals surface area contributed by atoms with E-state index in [1.807, 2.05) is 21.1 Å². The Balaban J connectivity index is 4.30. The van der Waals surface area contributed by atoms with Crippen LogP contribution in [0.4, 0.5) is 0 Å². The number of likely N-dealkylation sites (N-methyl/N-ethyl adjacent to an activating group) is 1. The summed E-state index contributed by atoms with van der Waals surface area (Å²) in [7, 11) is 5.91. The molecule has 0 aliphatic rings. The van der Waals surface area contributed by atoms with Gasteiger partial charge in [0.2, 0.25) is 0 Å². The third kappa shape index (κ3) is 47.2. The Bertz CT molecular complexity index is 1190. The van der Waals surface area contributed by atoms with Crippen molar-refractivity contribution < 1.29 is 42.9 Å². The Labute approximate surface area is 393 Å². The van der Waals surface area contributed by atoms with Crippen LogP contribution >= 0.6 is 0 Å². The van der Waals surface area contributed by atoms with Gasteiger partial charge in [-0.15, -0.1) is 0 Å². The molecule has 0 aromatic heterocycles. The average molecular weight is 902 g/mol. The van der Waals surface area contributed by atoms with Gasteiger partial charge in [0.1, 0.15) is 13.2 Å². The van der Waals surface area contributed by atoms with Crippen molar-refractivity contribution >= 4 is 17.9 Å². The quantitative estimate of drug-likeness (QED) is 0.0195. The van der Waals surface area contributed by atoms with Crippen molar-refractivity contribution in [2.45, 2.75) is 238 Å². The number of nitrogens with zero attached hydrogens (tertiary/aromatic N) is 1. The average Bonchev–Trinajstić information content (AvgIpc) is 3.26. The molecule has 9 heteroatoms. The van der Waals surface area contributed by atoms with E-state index in [4.69, 9.17) is 18.9 Å². The first-order chi connectivity index (χ1) is 31.1. The van der Waals surface area contributed by atoms with Gasteiger partial charge in [-0.05, 0) is 77.0 Å². The molecule has 64 heavy (non-hydrogen) atoms. The van der Waals surface area contributed by atoms with Crippen LogP contribution in [0.3, 0.4) is 0 Å². The van der Waals surface area contributed by atoms with Gasteiger partial charge in [0.05, 0.1) is 40.3 Å². The molecule has 9 nitrogen and oxygen atoms in total. The molecule has 0 aromatic rings. The lowest BCUT2D eigenvalue weighted by atomic mass is 10.0. The van der Waals surface area contributed by atoms with E-state index in [2.05, 4.69) is 62.5 Å². The van der Waals surface area contributed by atoms with Crippen molar-refractivity contribution in [1.82, 2.24) is 0 Å². The lowest BCUT2D eigenvalue weighted by Gasteiger charge is -2.26. The van der Waals surface area contributed by atoms with Crippen LogP contribution in [0.25, 0.3) is 0 Å². The topological polar surface area (TPSA) is 111 Å². The van der Waals surface area contributed by atoms with Crippen LogP contribution in [-0.4, -0.2) is 82.3 Å². The number of carboxylic acids is 1. The van der Waals surface area contributed by atoms with E-state index in [-0.39, 0.29) is 38.6 Å². The number of hydrogen-bond acceptors (Lipinski definition) is 8. The minimum absolute atomic E-state index is 0.145. The fourth-order valence-electron chi connectivity index (χ4n) is 7.18. The molecule has 0 rings (SSSR count). The number of carboxylic acid groups (broad SMARTS) is 1. The van der Waals surface area contributed by atoms with Crippen LogP contribution in [0.1, 0.15) is 226 Å². The molecule has 0 spiro atoms. The minimum atomic E-state index is -1.62. The highest BCUT2D eigenvalue weighted by Crippen LogP contribution is 2.15. The molecule has 0 N–H and O–H groups in total. The highest BCUT2D eigenvalue weighted by Gasteiger charge is 2.22. The molecule has 2 unspecified atom stereocenters. The van der Waals surface area contributed by atoms with Crippen LogP contribution in [0.2, 0.25) is 0 Å². The second kappa shape index (κ2) is 46.8. The van der Waals surface area contributed by atoms with E-state index in [1.165, 1.54) is 116 Å². The maximum atomic E-state index is 12.8. The standard InChI is InChI=1S/C55H99NO8/c1-6-8-10-12-14-16-18-20-22-23-24-25-26-27-28-29-30-31-32-34-36-38-40-42-44-46-53(58)64-51(50-63-55(54(59)60)61-48-47-56(3,4)5)49-62-52(57)45-43-41-39-37-35-33-21-19-17-15-13-11-9-7-2/h18-21,23-24,26-27,51,55H,6-17,22,25,28-50H2,1-5H3/b20-18-,21-19-,24-23-,27-26-. The number of unbranched alkanes of at least 4 members (excludes halogenated alkanes) is 25. The summed E-state index contributed by atoms with van der Waals surface area (Å²) in [4.78, 5) is 37.1. The third-order valence-corrected chi connectivity index (χ3v) is 11.3. The third-order valence-electron chi connectivity index (χ3n) is 11.3. The van der Waals surface area contributed by atoms with E-state index < -0.39 is 24.3 Å². The zero-order valence-corrected chi connectivity index (χ0v) is 42.1. The zero-order valence-electron chi connectivity index (χ0n) is 42.1. The monoisotopic (exact) mass is 902 g/mol. The molecule has 0 heterocycles. The Kier molecular flexibility index (Phi) is 44.8. The molecule has 0 aliphatic heterocycles. The van der Waals surface area contributed by atoms with Gasteiger partial charge in [0.15, 0.2) is 12.4 Å². The second-order valence-corrected chi connectivity index (χ2v) is 18.8. The number of allylic oxidation sites excluding steroid dienone is 8. The number of aliphatic carboxylic acids is 1. The lowest BCUT2D eigenvalue weighted by molar-refractivity contribution is -0.870. The van der Waals surface area contributed by atoms with Crippen molar-refractivity contribution in [3.63, 3.8) is 0 Å². The van der Waals surface area contributed by atoms with Gasteiger partial charge < -0.3 is 33.3 Å². The molecule has 0 amide bonds. The fraction of sp³-hybridized carbons (Fsp3) is 0.800. The molecule has 0 saturated carbocycles. The van der Waals surface area contributed by atoms with Gasteiger partial charge in [0, 0.05) is 12.8 Å². The lowest BCUT2D eigenvalue weighted by Crippen LogP contribution is -2.44. The van der Waals surface area contributed by atoms with Crippen LogP contribution in [-0.2, 0) is 33.3 Å². The number of quaternary nitrogens is 1. The summed E-state index contributed by atoms with van der Waals surface area (Å²) in [5.74, 6) is -2.30. The molecular weight excluding hydrogens is 803 g/mol. The van der Waals surface area contributed by atoms with Crippen molar-refractivity contribution in [3.05, 3.63) is 48.6 Å². The van der Waals surface area contributed by atoms with Gasteiger partial charge in [-0.3, -0.25) is 9.59 Å². The largest absolute Gasteiger partial charge is 0.545 e. The molecule has 0 saturated heterocycles. The van der Waals surface area contributed by atoms with Crippen LogP contribution < -0.4 is 5.11 Å². The van der Waals surface area contributed by atoms with Gasteiger partial charge in [-0.1, -0.05) is 184 Å². The smallest absolute Gasteiger partial charge is 0.306 e. The highest BCUT2D eigenvalue weighted by molar-refractivity contribution is 5.70. The summed E-state index contributed by atoms with van der Waals surface area (Å²) >= 11 is 0. The summed E-state index contributed by atoms with van der Waals surface area (Å²) in [6.07, 6.45) is 52.9. The van der Waals surface area contributed by atoms with E-state index in [1.54, 1.807) is 0 Å². The Hall–Kier alpha value is -2.75. The first-order valence-corrected chi connectivity index (χ1v) is 26.3. The van der Waals surface area contributed by atoms with Gasteiger partial charge in [0.25, 0.3) is 0 Å². The number of carbonyl (C=O) groups excluding carboxylic acids is 3. The molecule has 2 atom stereocenters. The molecule has 0 fully saturated rings. The Morgan fingerprint density at radius 2 is 0.844 bits per heavy atom. The van der Waals surface area contributed by atoms with E-state index in [0.717, 1.165) is 77.0 Å². The molecule has 372 valence electrons. The van der Waals surface area contributed by atoms with E-state index in [0.29, 0.717) is 17.4 Å². The maximum absolute atomic E-state index is 12.8. The van der Waals surface area contributed by atoms with Crippen LogP contribution in [0, 0.1) is 0 Å². The minimum Gasteiger partial charge on any atom is -0.545 e. The summed E-state index contributed by atoms with van der Waals surface area (Å²) in [6.45, 7) is 4.72. The summed E-state index contributed by atoms with van der Waals surface area (Å²) in [6, 6.07) is 0. The normalized spacial score (nSPS) is 13.2. The molecular formula is C55H99NO8. The molecule has 0 aliphatic carbocycles. The van der Waals surface area contributed by atoms with Gasteiger partial charge >= 0.3 is 11.9 Å². The van der Waals surface area contributed by atoms with Crippen molar-refractivity contribution in [3.8, 4) is 0 Å². The number of rotatable bonds is 48. The SMILES string of the molecule is CCCCCCC/C=C\C/C=C\C/C=C\CCCCCCCCCCCCC(=O)OC(COC(=O)CCCCCCC/C=C\CCCCCCC)COC(OCC[N+](C)(C)C)C(=O)[O-]. The predicted octanol–water partition coefficient (Wildman–Crippen LogP) is 13.4. The van der Waals surface area contributed by atoms with Crippen molar-refractivity contribution in [2.75, 3.05) is 47.5 Å². The molecule has 0 bridgehead atoms. The summed E-state index contributed by atoms with van der Waals surface area (Å²) in [5, 5.41) is 11.7. The van der Waals surface area contributed by atoms with Gasteiger partial charge in [-0.2, -0.15) is 0 Å². The van der Waals surface area contributed by atoms with Crippen LogP contribution in [0.5, 0.6) is 0 Å². The van der Waals surface area contributed by atoms with Crippen LogP contribution in [0.15, 0.2) is 48.6 Å². The van der Waals surface area contributed by atoms with E-state index in [9.17, 15) is 19.5 Å². The number of esters is 2. The molecule has 0 radical (unpaired) electrons. The Morgan fingerprint density at radius 3 is 1.27 bits per heavy atom. The summed E-state index contributed by atoms with van der Waals surface area (Å²) in [5.41, 5.74) is 0. The maximum Gasteiger partial charge on any atom is 0.306 e. The highest BCUT2D eigenvalue weighted by atomic mass is 16.7. The fourth-order valence-corrected chi connectivity index (χ4v) is 7.18. The second-order valence-electron chi connectivity index (χ2n) is 18.8. The zero-order chi connectivity index (χ0) is 47.0. The Morgan fingerprint density at radius 1 is 0.469 bits per heavy atom. The predicted molar refractivity (Wildman–Crippen MR) is 265 cm³/mol.